The van der Waals surface area contributed by atoms with Crippen molar-refractivity contribution in [3.8, 4) is 56.5 Å². The third kappa shape index (κ3) is 9.49. The molecule has 0 aliphatic carbocycles. The molecule has 0 radical (unpaired) electrons. The largest absolute Gasteiger partial charge is 0.462 e. The van der Waals surface area contributed by atoms with Crippen molar-refractivity contribution in [1.82, 2.24) is 29.9 Å². The molecule has 70 heavy (non-hydrogen) atoms. The van der Waals surface area contributed by atoms with E-state index in [-0.39, 0.29) is 40.2 Å². The maximum atomic E-state index is 14.6. The molecular formula is C44H28Cl2F8N8O8. The van der Waals surface area contributed by atoms with Crippen LogP contribution in [0.1, 0.15) is 46.0 Å². The number of nitrogens with zero attached hydrogens (tertiary/aromatic N) is 7. The first-order valence-electron chi connectivity index (χ1n) is 19.8. The highest BCUT2D eigenvalue weighted by molar-refractivity contribution is 6.34. The van der Waals surface area contributed by atoms with Crippen LogP contribution >= 0.6 is 23.2 Å². The van der Waals surface area contributed by atoms with E-state index in [4.69, 9.17) is 47.5 Å². The molecule has 0 spiro atoms. The molecule has 0 aliphatic heterocycles. The number of halogens is 10. The van der Waals surface area contributed by atoms with E-state index in [1.54, 1.807) is 6.07 Å². The quantitative estimate of drug-likeness (QED) is 0.0421. The number of carbonyl (C=O) groups is 2. The van der Waals surface area contributed by atoms with E-state index < -0.39 is 114 Å². The Morgan fingerprint density at radius 2 is 1.09 bits per heavy atom. The van der Waals surface area contributed by atoms with Gasteiger partial charge in [-0.3, -0.25) is 10.1 Å². The Balaban J connectivity index is 0.000000207. The number of anilines is 1. The minimum atomic E-state index is -5.13. The molecule has 0 saturated carbocycles. The van der Waals surface area contributed by atoms with Crippen molar-refractivity contribution in [3.63, 3.8) is 0 Å². The van der Waals surface area contributed by atoms with Gasteiger partial charge in [0.15, 0.2) is 22.9 Å². The molecular weight excluding hydrogens is 991 g/mol. The van der Waals surface area contributed by atoms with Crippen molar-refractivity contribution >= 4 is 46.5 Å². The zero-order valence-electron chi connectivity index (χ0n) is 35.4. The number of rotatable bonds is 11. The van der Waals surface area contributed by atoms with Gasteiger partial charge in [-0.25, -0.2) is 27.7 Å². The van der Waals surface area contributed by atoms with Crippen LogP contribution in [0.5, 0.6) is 0 Å². The average molecular weight is 1020 g/mol. The molecule has 8 rings (SSSR count). The number of ether oxygens (including phenoxy) is 2. The molecule has 4 aromatic carbocycles. The monoisotopic (exact) mass is 1020 g/mol. The molecule has 4 heterocycles. The molecule has 0 amide bonds. The summed E-state index contributed by atoms with van der Waals surface area (Å²) in [7, 11) is 0. The van der Waals surface area contributed by atoms with Gasteiger partial charge in [-0.2, -0.15) is 36.5 Å². The van der Waals surface area contributed by atoms with Crippen molar-refractivity contribution in [2.24, 2.45) is 0 Å². The van der Waals surface area contributed by atoms with Gasteiger partial charge in [0, 0.05) is 6.07 Å². The summed E-state index contributed by atoms with van der Waals surface area (Å²) < 4.78 is 136. The summed E-state index contributed by atoms with van der Waals surface area (Å²) in [4.78, 5) is 36.2. The summed E-state index contributed by atoms with van der Waals surface area (Å²) in [6.07, 6.45) is -8.53. The lowest BCUT2D eigenvalue weighted by molar-refractivity contribution is -0.384. The first-order chi connectivity index (χ1) is 33.2. The molecule has 0 fully saturated rings. The summed E-state index contributed by atoms with van der Waals surface area (Å²) in [6.45, 7) is 2.67. The maximum Gasteiger partial charge on any atom is 0.434 e. The Hall–Kier alpha value is -8.12. The number of nitro groups is 1. The molecule has 0 saturated heterocycles. The minimum absolute atomic E-state index is 0.0321. The van der Waals surface area contributed by atoms with Crippen molar-refractivity contribution < 1.29 is 68.2 Å². The summed E-state index contributed by atoms with van der Waals surface area (Å²) >= 11 is 12.2. The lowest BCUT2D eigenvalue weighted by Gasteiger charge is -2.13. The smallest absolute Gasteiger partial charge is 0.434 e. The average Bonchev–Trinajstić information content (AvgIpc) is 4.12. The van der Waals surface area contributed by atoms with E-state index in [9.17, 15) is 54.8 Å². The van der Waals surface area contributed by atoms with Gasteiger partial charge < -0.3 is 24.3 Å². The SMILES string of the molecule is CCOC(=O)c1c(-c2c(F)cccc2Cl)noc1-c1cnn(-c2ccccc2N)c1C(F)(F)F.CCOC(=O)c1c(-c2c(F)cccc2Cl)noc1-c1cnn(-c2ccccc2[N+](=O)[O-])c1C(F)(F)F. The predicted molar refractivity (Wildman–Crippen MR) is 232 cm³/mol. The standard InChI is InChI=1S/C22H13ClF4N4O5.C22H15ClF4N4O3/c1-2-35-21(32)17-18(16-12(23)6-5-7-13(16)24)29-36-19(17)11-10-28-30(20(11)22(25,26)27)14-8-3-4-9-15(14)31(33)34;1-2-33-21(32)17-18(16-12(23)6-5-7-13(16)24)30-34-19(17)11-10-29-31(20(11)22(25,26)27)15-9-4-3-8-14(15)28/h3-10H,2H2,1H3;3-10H,2,28H2,1H3. The number of hydrogen-bond acceptors (Lipinski definition) is 13. The second-order valence-electron chi connectivity index (χ2n) is 14.0. The second-order valence-corrected chi connectivity index (χ2v) is 14.9. The van der Waals surface area contributed by atoms with Gasteiger partial charge >= 0.3 is 24.3 Å². The normalized spacial score (nSPS) is 11.5. The zero-order chi connectivity index (χ0) is 50.8. The first kappa shape index (κ1) is 49.8. The summed E-state index contributed by atoms with van der Waals surface area (Å²) in [5.74, 6) is -5.36. The van der Waals surface area contributed by atoms with Crippen molar-refractivity contribution in [2.45, 2.75) is 26.2 Å². The molecule has 8 aromatic rings. The Bertz CT molecular complexity index is 3250. The predicted octanol–water partition coefficient (Wildman–Crippen LogP) is 11.9. The Morgan fingerprint density at radius 3 is 1.49 bits per heavy atom. The second kappa shape index (κ2) is 19.8. The lowest BCUT2D eigenvalue weighted by atomic mass is 10.0. The van der Waals surface area contributed by atoms with Crippen molar-refractivity contribution in [2.75, 3.05) is 18.9 Å². The van der Waals surface area contributed by atoms with E-state index in [0.29, 0.717) is 15.6 Å². The van der Waals surface area contributed by atoms with Gasteiger partial charge in [-0.15, -0.1) is 0 Å². The lowest BCUT2D eigenvalue weighted by Crippen LogP contribution is -2.16. The third-order valence-electron chi connectivity index (χ3n) is 9.78. The number of esters is 2. The van der Waals surface area contributed by atoms with E-state index >= 15 is 0 Å². The number of hydrogen-bond donors (Lipinski definition) is 1. The van der Waals surface area contributed by atoms with Crippen LogP contribution in [-0.4, -0.2) is 59.9 Å². The van der Waals surface area contributed by atoms with E-state index in [2.05, 4.69) is 20.5 Å². The molecule has 0 atom stereocenters. The van der Waals surface area contributed by atoms with Crippen molar-refractivity contribution in [3.05, 3.63) is 152 Å². The highest BCUT2D eigenvalue weighted by Gasteiger charge is 2.44. The van der Waals surface area contributed by atoms with Gasteiger partial charge in [0.1, 0.15) is 39.8 Å². The number of nitro benzene ring substituents is 1. The van der Waals surface area contributed by atoms with Crippen LogP contribution in [-0.2, 0) is 21.8 Å². The molecule has 16 nitrogen and oxygen atoms in total. The van der Waals surface area contributed by atoms with Gasteiger partial charge in [-0.05, 0) is 56.3 Å². The van der Waals surface area contributed by atoms with Gasteiger partial charge in [-0.1, -0.05) is 69.9 Å². The van der Waals surface area contributed by atoms with Crippen LogP contribution in [0.2, 0.25) is 10.0 Å². The third-order valence-corrected chi connectivity index (χ3v) is 10.4. The highest BCUT2D eigenvalue weighted by atomic mass is 35.5. The number of benzene rings is 4. The number of alkyl halides is 6. The molecule has 4 aromatic heterocycles. The molecule has 26 heteroatoms. The van der Waals surface area contributed by atoms with E-state index in [0.717, 1.165) is 30.5 Å². The molecule has 2 N–H and O–H groups in total. The van der Waals surface area contributed by atoms with Gasteiger partial charge in [0.05, 0.1) is 74.2 Å². The maximum absolute atomic E-state index is 14.6. The van der Waals surface area contributed by atoms with Crippen LogP contribution in [0, 0.1) is 21.7 Å². The van der Waals surface area contributed by atoms with Crippen LogP contribution < -0.4 is 5.73 Å². The van der Waals surface area contributed by atoms with Crippen LogP contribution in [0.3, 0.4) is 0 Å². The first-order valence-corrected chi connectivity index (χ1v) is 20.6. The number of nitrogens with two attached hydrogens (primary N) is 1. The fourth-order valence-electron chi connectivity index (χ4n) is 6.94. The van der Waals surface area contributed by atoms with E-state index in [1.807, 2.05) is 0 Å². The topological polar surface area (TPSA) is 209 Å². The fraction of sp³-hybridized carbons (Fsp3) is 0.136. The van der Waals surface area contributed by atoms with Crippen LogP contribution in [0.4, 0.5) is 46.5 Å². The van der Waals surface area contributed by atoms with Crippen molar-refractivity contribution in [1.29, 1.82) is 0 Å². The number of aromatic nitrogens is 6. The Kier molecular flexibility index (Phi) is 14.1. The number of nitrogen functional groups attached to an aromatic ring is 1. The Labute approximate surface area is 396 Å². The van der Waals surface area contributed by atoms with Crippen LogP contribution in [0.25, 0.3) is 56.5 Å². The summed E-state index contributed by atoms with van der Waals surface area (Å²) in [5.41, 5.74) is -2.25. The molecule has 362 valence electrons. The number of para-hydroxylation sites is 4. The zero-order valence-corrected chi connectivity index (χ0v) is 36.9. The number of carbonyl (C=O) groups excluding carboxylic acids is 2. The minimum Gasteiger partial charge on any atom is -0.462 e. The van der Waals surface area contributed by atoms with Gasteiger partial charge in [0.2, 0.25) is 0 Å². The molecule has 0 unspecified atom stereocenters. The fourth-order valence-corrected chi connectivity index (χ4v) is 7.45. The van der Waals surface area contributed by atoms with Crippen LogP contribution in [0.15, 0.2) is 106 Å². The molecule has 0 aliphatic rings. The van der Waals surface area contributed by atoms with E-state index in [1.165, 1.54) is 68.4 Å². The Morgan fingerprint density at radius 1 is 0.671 bits per heavy atom. The summed E-state index contributed by atoms with van der Waals surface area (Å²) in [5, 5.41) is 25.9. The summed E-state index contributed by atoms with van der Waals surface area (Å²) in [6, 6.07) is 17.7. The highest BCUT2D eigenvalue weighted by Crippen LogP contribution is 2.46. The molecule has 0 bridgehead atoms. The van der Waals surface area contributed by atoms with Gasteiger partial charge in [0.25, 0.3) is 5.69 Å².